The van der Waals surface area contributed by atoms with Gasteiger partial charge < -0.3 is 4.90 Å². The maximum absolute atomic E-state index is 13.2. The Labute approximate surface area is 163 Å². The monoisotopic (exact) mass is 390 g/mol. The molecule has 0 spiro atoms. The summed E-state index contributed by atoms with van der Waals surface area (Å²) in [6.45, 7) is 5.13. The molecule has 0 saturated carbocycles. The minimum atomic E-state index is -0.213. The Hall–Kier alpha value is -1.92. The summed E-state index contributed by atoms with van der Waals surface area (Å²) in [6.07, 6.45) is 2.14. The molecule has 4 heterocycles. The van der Waals surface area contributed by atoms with Gasteiger partial charge in [0.25, 0.3) is 5.91 Å². The highest BCUT2D eigenvalue weighted by molar-refractivity contribution is 6.34. The molecular formula is C20H24ClFN4O. The molecule has 144 valence electrons. The van der Waals surface area contributed by atoms with Gasteiger partial charge in [0.15, 0.2) is 0 Å². The average molecular weight is 391 g/mol. The molecule has 3 aliphatic heterocycles. The molecule has 3 saturated heterocycles. The minimum Gasteiger partial charge on any atom is -0.333 e. The summed E-state index contributed by atoms with van der Waals surface area (Å²) in [4.78, 5) is 17.6. The van der Waals surface area contributed by atoms with E-state index in [0.29, 0.717) is 22.3 Å². The molecule has 3 fully saturated rings. The molecule has 0 unspecified atom stereocenters. The third-order valence-corrected chi connectivity index (χ3v) is 6.17. The van der Waals surface area contributed by atoms with E-state index in [0.717, 1.165) is 44.6 Å². The number of rotatable bonds is 3. The van der Waals surface area contributed by atoms with Crippen LogP contribution in [0.25, 0.3) is 0 Å². The zero-order chi connectivity index (χ0) is 19.1. The second-order valence-electron chi connectivity index (χ2n) is 7.75. The Morgan fingerprint density at radius 2 is 1.96 bits per heavy atom. The van der Waals surface area contributed by atoms with E-state index in [1.54, 1.807) is 11.7 Å². The fourth-order valence-corrected chi connectivity index (χ4v) is 4.65. The number of amides is 1. The number of benzene rings is 1. The van der Waals surface area contributed by atoms with Gasteiger partial charge in [-0.1, -0.05) is 23.7 Å². The molecule has 0 aliphatic carbocycles. The van der Waals surface area contributed by atoms with Crippen LogP contribution in [0.2, 0.25) is 5.02 Å². The van der Waals surface area contributed by atoms with E-state index in [-0.39, 0.29) is 17.8 Å². The van der Waals surface area contributed by atoms with E-state index in [1.165, 1.54) is 12.1 Å². The molecule has 2 aromatic rings. The number of carbonyl (C=O) groups excluding carboxylic acids is 1. The third kappa shape index (κ3) is 3.60. The van der Waals surface area contributed by atoms with Crippen LogP contribution < -0.4 is 0 Å². The quantitative estimate of drug-likeness (QED) is 0.807. The second kappa shape index (κ2) is 7.24. The van der Waals surface area contributed by atoms with Gasteiger partial charge in [0, 0.05) is 39.3 Å². The summed E-state index contributed by atoms with van der Waals surface area (Å²) in [6, 6.07) is 6.85. The second-order valence-corrected chi connectivity index (χ2v) is 8.12. The summed E-state index contributed by atoms with van der Waals surface area (Å²) in [5.41, 5.74) is 2.26. The smallest absolute Gasteiger partial charge is 0.273 e. The maximum atomic E-state index is 13.2. The molecule has 1 amide bonds. The Morgan fingerprint density at radius 1 is 1.22 bits per heavy atom. The van der Waals surface area contributed by atoms with Crippen molar-refractivity contribution in [1.82, 2.24) is 19.6 Å². The Balaban J connectivity index is 1.52. The van der Waals surface area contributed by atoms with Crippen LogP contribution in [0.5, 0.6) is 0 Å². The normalized spacial score (nSPS) is 22.9. The van der Waals surface area contributed by atoms with Crippen molar-refractivity contribution in [2.24, 2.45) is 13.0 Å². The fraction of sp³-hybridized carbons (Fsp3) is 0.500. The van der Waals surface area contributed by atoms with Gasteiger partial charge in [-0.3, -0.25) is 14.4 Å². The van der Waals surface area contributed by atoms with Crippen molar-refractivity contribution in [3.05, 3.63) is 52.1 Å². The van der Waals surface area contributed by atoms with E-state index in [1.807, 2.05) is 24.0 Å². The molecule has 0 N–H and O–H groups in total. The van der Waals surface area contributed by atoms with Crippen LogP contribution in [0.1, 0.15) is 34.6 Å². The topological polar surface area (TPSA) is 41.4 Å². The Kier molecular flexibility index (Phi) is 4.95. The first kappa shape index (κ1) is 18.4. The lowest BCUT2D eigenvalue weighted by Gasteiger charge is -2.36. The van der Waals surface area contributed by atoms with Gasteiger partial charge in [-0.2, -0.15) is 5.10 Å². The first-order valence-electron chi connectivity index (χ1n) is 9.39. The van der Waals surface area contributed by atoms with E-state index < -0.39 is 0 Å². The number of hydrogen-bond acceptors (Lipinski definition) is 3. The summed E-state index contributed by atoms with van der Waals surface area (Å²) in [5.74, 6) is 0.206. The van der Waals surface area contributed by atoms with E-state index in [9.17, 15) is 9.18 Å². The molecular weight excluding hydrogens is 367 g/mol. The van der Waals surface area contributed by atoms with Gasteiger partial charge in [0.2, 0.25) is 0 Å². The number of piperidine rings is 1. The molecule has 2 atom stereocenters. The van der Waals surface area contributed by atoms with Crippen LogP contribution in [0.15, 0.2) is 24.3 Å². The summed E-state index contributed by atoms with van der Waals surface area (Å²) < 4.78 is 14.7. The Bertz CT molecular complexity index is 850. The number of halogens is 2. The van der Waals surface area contributed by atoms with Crippen molar-refractivity contribution in [1.29, 1.82) is 0 Å². The standard InChI is InChI=1S/C20H24ClFN4O/c1-13-18(21)19(24(2)23-13)20(27)26-11-15-5-8-17(26)12-25(10-15)9-14-3-6-16(22)7-4-14/h3-4,6-7,15,17H,5,8-12H2,1-2H3/t15-,17+/m0/s1. The molecule has 5 rings (SSSR count). The van der Waals surface area contributed by atoms with Crippen LogP contribution in [-0.2, 0) is 13.6 Å². The first-order valence-corrected chi connectivity index (χ1v) is 9.77. The van der Waals surface area contributed by atoms with Crippen LogP contribution in [0.3, 0.4) is 0 Å². The molecule has 27 heavy (non-hydrogen) atoms. The van der Waals surface area contributed by atoms with Crippen molar-refractivity contribution in [3.63, 3.8) is 0 Å². The largest absolute Gasteiger partial charge is 0.333 e. The van der Waals surface area contributed by atoms with Gasteiger partial charge in [0.1, 0.15) is 11.5 Å². The predicted molar refractivity (Wildman–Crippen MR) is 102 cm³/mol. The van der Waals surface area contributed by atoms with Crippen molar-refractivity contribution < 1.29 is 9.18 Å². The van der Waals surface area contributed by atoms with E-state index in [4.69, 9.17) is 11.6 Å². The van der Waals surface area contributed by atoms with Gasteiger partial charge in [-0.05, 0) is 43.4 Å². The van der Waals surface area contributed by atoms with Gasteiger partial charge in [-0.25, -0.2) is 4.39 Å². The number of aromatic nitrogens is 2. The number of nitrogens with zero attached hydrogens (tertiary/aromatic N) is 4. The van der Waals surface area contributed by atoms with Crippen LogP contribution >= 0.6 is 11.6 Å². The van der Waals surface area contributed by atoms with Gasteiger partial charge in [-0.15, -0.1) is 0 Å². The van der Waals surface area contributed by atoms with Gasteiger partial charge >= 0.3 is 0 Å². The van der Waals surface area contributed by atoms with Crippen molar-refractivity contribution in [3.8, 4) is 0 Å². The summed E-state index contributed by atoms with van der Waals surface area (Å²) >= 11 is 6.35. The highest BCUT2D eigenvalue weighted by Crippen LogP contribution is 2.31. The number of carbonyl (C=O) groups is 1. The number of aryl methyl sites for hydroxylation is 2. The van der Waals surface area contributed by atoms with E-state index >= 15 is 0 Å². The zero-order valence-corrected chi connectivity index (χ0v) is 16.4. The lowest BCUT2D eigenvalue weighted by Crippen LogP contribution is -2.47. The molecule has 2 bridgehead atoms. The van der Waals surface area contributed by atoms with Crippen molar-refractivity contribution in [2.45, 2.75) is 32.4 Å². The summed E-state index contributed by atoms with van der Waals surface area (Å²) in [5, 5.41) is 4.74. The lowest BCUT2D eigenvalue weighted by molar-refractivity contribution is 0.0574. The van der Waals surface area contributed by atoms with Crippen LogP contribution in [0.4, 0.5) is 4.39 Å². The molecule has 1 aromatic carbocycles. The Morgan fingerprint density at radius 3 is 2.63 bits per heavy atom. The highest BCUT2D eigenvalue weighted by Gasteiger charge is 2.39. The molecule has 7 heteroatoms. The lowest BCUT2D eigenvalue weighted by atomic mass is 9.94. The van der Waals surface area contributed by atoms with E-state index in [2.05, 4.69) is 10.00 Å². The van der Waals surface area contributed by atoms with Crippen LogP contribution in [0, 0.1) is 18.7 Å². The highest BCUT2D eigenvalue weighted by atomic mass is 35.5. The number of hydrogen-bond donors (Lipinski definition) is 0. The third-order valence-electron chi connectivity index (χ3n) is 5.72. The van der Waals surface area contributed by atoms with Crippen LogP contribution in [-0.4, -0.2) is 51.2 Å². The summed E-state index contributed by atoms with van der Waals surface area (Å²) in [7, 11) is 1.77. The molecule has 1 aromatic heterocycles. The SMILES string of the molecule is Cc1nn(C)c(C(=O)N2C[C@H]3CC[C@@H]2CN(Cc2ccc(F)cc2)C3)c1Cl. The minimum absolute atomic E-state index is 0.0265. The number of fused-ring (bicyclic) bond motifs is 4. The zero-order valence-electron chi connectivity index (χ0n) is 15.7. The predicted octanol–water partition coefficient (Wildman–Crippen LogP) is 3.26. The molecule has 5 nitrogen and oxygen atoms in total. The molecule has 0 radical (unpaired) electrons. The fourth-order valence-electron chi connectivity index (χ4n) is 4.41. The maximum Gasteiger partial charge on any atom is 0.273 e. The first-order chi connectivity index (χ1) is 12.9. The molecule has 3 aliphatic rings. The van der Waals surface area contributed by atoms with Crippen molar-refractivity contribution in [2.75, 3.05) is 19.6 Å². The average Bonchev–Trinajstić information content (AvgIpc) is 2.81. The van der Waals surface area contributed by atoms with Crippen molar-refractivity contribution >= 4 is 17.5 Å². The van der Waals surface area contributed by atoms with Gasteiger partial charge in [0.05, 0.1) is 10.7 Å².